The number of nitrogens with two attached hydrogens (primary N) is 1. The molecule has 0 saturated heterocycles. The molecule has 1 atom stereocenters. The summed E-state index contributed by atoms with van der Waals surface area (Å²) in [7, 11) is 1.83. The van der Waals surface area contributed by atoms with Crippen molar-refractivity contribution < 1.29 is 13.5 Å². The Hall–Kier alpha value is -1.99. The van der Waals surface area contributed by atoms with E-state index < -0.39 is 6.61 Å². The van der Waals surface area contributed by atoms with Crippen LogP contribution in [0.4, 0.5) is 8.78 Å². The molecule has 1 heterocycles. The predicted molar refractivity (Wildman–Crippen MR) is 74.8 cm³/mol. The number of halogens is 2. The number of hydrogen-bond donors (Lipinski definition) is 2. The largest absolute Gasteiger partial charge is 0.434 e. The Morgan fingerprint density at radius 2 is 2.10 bits per heavy atom. The van der Waals surface area contributed by atoms with Crippen LogP contribution in [0.1, 0.15) is 23.0 Å². The Morgan fingerprint density at radius 3 is 2.67 bits per heavy atom. The summed E-state index contributed by atoms with van der Waals surface area (Å²) in [5, 5.41) is 4.26. The lowest BCUT2D eigenvalue weighted by Crippen LogP contribution is -2.30. The van der Waals surface area contributed by atoms with Gasteiger partial charge in [-0.15, -0.1) is 0 Å². The van der Waals surface area contributed by atoms with Crippen LogP contribution in [0.25, 0.3) is 0 Å². The number of hydrogen-bond acceptors (Lipinski definition) is 4. The van der Waals surface area contributed by atoms with Gasteiger partial charge in [0.25, 0.3) is 0 Å². The summed E-state index contributed by atoms with van der Waals surface area (Å²) < 4.78 is 31.2. The highest BCUT2D eigenvalue weighted by atomic mass is 19.3. The third-order valence-electron chi connectivity index (χ3n) is 3.22. The van der Waals surface area contributed by atoms with Gasteiger partial charge in [0.2, 0.25) is 0 Å². The third-order valence-corrected chi connectivity index (χ3v) is 3.22. The third kappa shape index (κ3) is 3.77. The van der Waals surface area contributed by atoms with Gasteiger partial charge in [-0.2, -0.15) is 13.9 Å². The van der Waals surface area contributed by atoms with Crippen LogP contribution in [0.3, 0.4) is 0 Å². The summed E-state index contributed by atoms with van der Waals surface area (Å²) in [6.07, 6.45) is 0.511. The second kappa shape index (κ2) is 6.64. The molecule has 2 aromatic rings. The zero-order valence-electron chi connectivity index (χ0n) is 11.9. The topological polar surface area (TPSA) is 65.1 Å². The molecule has 0 bridgehead atoms. The standard InChI is InChI=1S/C14H18F2N4O/c1-9-7-10(20(2)19-9)8-12(18-17)11-5-3-4-6-13(11)21-14(15)16/h3-7,12,14,18H,8,17H2,1-2H3. The monoisotopic (exact) mass is 296 g/mol. The predicted octanol–water partition coefficient (Wildman–Crippen LogP) is 2.08. The molecule has 1 aromatic heterocycles. The van der Waals surface area contributed by atoms with Gasteiger partial charge in [0.05, 0.1) is 11.7 Å². The fourth-order valence-corrected chi connectivity index (χ4v) is 2.29. The van der Waals surface area contributed by atoms with Crippen LogP contribution in [-0.4, -0.2) is 16.4 Å². The van der Waals surface area contributed by atoms with Crippen LogP contribution < -0.4 is 16.0 Å². The molecule has 7 heteroatoms. The van der Waals surface area contributed by atoms with Crippen molar-refractivity contribution in [2.75, 3.05) is 0 Å². The van der Waals surface area contributed by atoms with E-state index in [9.17, 15) is 8.78 Å². The summed E-state index contributed by atoms with van der Waals surface area (Å²) in [4.78, 5) is 0. The molecule has 1 aromatic carbocycles. The first-order valence-electron chi connectivity index (χ1n) is 6.50. The lowest BCUT2D eigenvalue weighted by Gasteiger charge is -2.19. The number of nitrogens with one attached hydrogen (secondary N) is 1. The fraction of sp³-hybridized carbons (Fsp3) is 0.357. The second-order valence-electron chi connectivity index (χ2n) is 4.74. The van der Waals surface area contributed by atoms with Gasteiger partial charge >= 0.3 is 6.61 Å². The number of hydrazine groups is 1. The molecule has 0 aliphatic rings. The molecule has 114 valence electrons. The van der Waals surface area contributed by atoms with Gasteiger partial charge < -0.3 is 4.74 Å². The summed E-state index contributed by atoms with van der Waals surface area (Å²) in [5.41, 5.74) is 5.07. The van der Waals surface area contributed by atoms with Gasteiger partial charge in [-0.3, -0.25) is 16.0 Å². The van der Waals surface area contributed by atoms with Crippen LogP contribution in [0.2, 0.25) is 0 Å². The lowest BCUT2D eigenvalue weighted by atomic mass is 10.0. The van der Waals surface area contributed by atoms with E-state index >= 15 is 0 Å². The Labute approximate surface area is 121 Å². The molecule has 0 spiro atoms. The first-order valence-corrected chi connectivity index (χ1v) is 6.50. The van der Waals surface area contributed by atoms with Crippen molar-refractivity contribution in [3.05, 3.63) is 47.3 Å². The molecule has 2 rings (SSSR count). The van der Waals surface area contributed by atoms with Crippen molar-refractivity contribution in [1.29, 1.82) is 0 Å². The van der Waals surface area contributed by atoms with E-state index in [2.05, 4.69) is 15.3 Å². The van der Waals surface area contributed by atoms with Gasteiger partial charge in [-0.05, 0) is 19.1 Å². The first-order chi connectivity index (χ1) is 10.0. The van der Waals surface area contributed by atoms with Crippen LogP contribution in [0.15, 0.2) is 30.3 Å². The van der Waals surface area contributed by atoms with E-state index in [0.29, 0.717) is 12.0 Å². The number of benzene rings is 1. The Balaban J connectivity index is 2.27. The highest BCUT2D eigenvalue weighted by Gasteiger charge is 2.19. The van der Waals surface area contributed by atoms with E-state index in [4.69, 9.17) is 5.84 Å². The number of ether oxygens (including phenoxy) is 1. The van der Waals surface area contributed by atoms with E-state index in [1.807, 2.05) is 20.0 Å². The van der Waals surface area contributed by atoms with Crippen molar-refractivity contribution in [2.45, 2.75) is 26.0 Å². The van der Waals surface area contributed by atoms with Crippen molar-refractivity contribution in [2.24, 2.45) is 12.9 Å². The van der Waals surface area contributed by atoms with Crippen LogP contribution in [0, 0.1) is 6.92 Å². The normalized spacial score (nSPS) is 12.7. The van der Waals surface area contributed by atoms with Gasteiger partial charge in [0, 0.05) is 24.7 Å². The molecule has 5 nitrogen and oxygen atoms in total. The maximum atomic E-state index is 12.5. The van der Waals surface area contributed by atoms with E-state index in [1.54, 1.807) is 22.9 Å². The van der Waals surface area contributed by atoms with E-state index in [0.717, 1.165) is 11.4 Å². The van der Waals surface area contributed by atoms with Crippen molar-refractivity contribution in [3.8, 4) is 5.75 Å². The first kappa shape index (κ1) is 15.4. The number of para-hydroxylation sites is 1. The minimum Gasteiger partial charge on any atom is -0.434 e. The lowest BCUT2D eigenvalue weighted by molar-refractivity contribution is -0.0507. The number of nitrogens with zero attached hydrogens (tertiary/aromatic N) is 2. The average Bonchev–Trinajstić information content (AvgIpc) is 2.74. The number of alkyl halides is 2. The van der Waals surface area contributed by atoms with E-state index in [1.165, 1.54) is 6.07 Å². The minimum absolute atomic E-state index is 0.120. The molecule has 0 radical (unpaired) electrons. The molecule has 21 heavy (non-hydrogen) atoms. The fourth-order valence-electron chi connectivity index (χ4n) is 2.29. The molecule has 0 amide bonds. The minimum atomic E-state index is -2.87. The van der Waals surface area contributed by atoms with Crippen molar-refractivity contribution in [3.63, 3.8) is 0 Å². The molecule has 0 aliphatic carbocycles. The number of rotatable bonds is 6. The maximum Gasteiger partial charge on any atom is 0.387 e. The molecule has 1 unspecified atom stereocenters. The van der Waals surface area contributed by atoms with Gasteiger partial charge in [0.15, 0.2) is 0 Å². The number of aryl methyl sites for hydroxylation is 2. The SMILES string of the molecule is Cc1cc(CC(NN)c2ccccc2OC(F)F)n(C)n1. The van der Waals surface area contributed by atoms with Crippen molar-refractivity contribution >= 4 is 0 Å². The second-order valence-corrected chi connectivity index (χ2v) is 4.74. The van der Waals surface area contributed by atoms with Crippen LogP contribution in [0.5, 0.6) is 5.75 Å². The average molecular weight is 296 g/mol. The molecule has 0 fully saturated rings. The summed E-state index contributed by atoms with van der Waals surface area (Å²) in [6, 6.07) is 8.19. The molecular weight excluding hydrogens is 278 g/mol. The molecule has 0 saturated carbocycles. The van der Waals surface area contributed by atoms with E-state index in [-0.39, 0.29) is 11.8 Å². The highest BCUT2D eigenvalue weighted by Crippen LogP contribution is 2.28. The summed E-state index contributed by atoms with van der Waals surface area (Å²) >= 11 is 0. The quantitative estimate of drug-likeness (QED) is 0.633. The highest BCUT2D eigenvalue weighted by molar-refractivity contribution is 5.36. The molecule has 3 N–H and O–H groups in total. The molecule has 0 aliphatic heterocycles. The zero-order chi connectivity index (χ0) is 15.4. The van der Waals surface area contributed by atoms with Crippen LogP contribution in [-0.2, 0) is 13.5 Å². The van der Waals surface area contributed by atoms with Gasteiger partial charge in [-0.25, -0.2) is 0 Å². The Bertz CT molecular complexity index is 600. The molecular formula is C14H18F2N4O. The Morgan fingerprint density at radius 1 is 1.38 bits per heavy atom. The maximum absolute atomic E-state index is 12.5. The zero-order valence-corrected chi connectivity index (χ0v) is 11.9. The summed E-state index contributed by atoms with van der Waals surface area (Å²) in [6.45, 7) is -0.981. The smallest absolute Gasteiger partial charge is 0.387 e. The number of aromatic nitrogens is 2. The van der Waals surface area contributed by atoms with Crippen LogP contribution >= 0.6 is 0 Å². The van der Waals surface area contributed by atoms with Gasteiger partial charge in [0.1, 0.15) is 5.75 Å². The summed E-state index contributed by atoms with van der Waals surface area (Å²) in [5.74, 6) is 5.71. The Kier molecular flexibility index (Phi) is 4.87. The van der Waals surface area contributed by atoms with Gasteiger partial charge in [-0.1, -0.05) is 18.2 Å². The van der Waals surface area contributed by atoms with Crippen molar-refractivity contribution in [1.82, 2.24) is 15.2 Å².